The first-order valence-electron chi connectivity index (χ1n) is 24.3. The maximum atomic E-state index is 12.0. The smallest absolute Gasteiger partial charge is 0.160 e. The normalized spacial score (nSPS) is 11.8. The lowest BCUT2D eigenvalue weighted by Crippen LogP contribution is -2.13. The molecule has 9 aromatic carbocycles. The monoisotopic (exact) mass is 912 g/mol. The van der Waals surface area contributed by atoms with Crippen LogP contribution in [0.4, 0.5) is 0 Å². The van der Waals surface area contributed by atoms with E-state index >= 15 is 0 Å². The highest BCUT2D eigenvalue weighted by molar-refractivity contribution is 6.15. The molecule has 0 bridgehead atoms. The molecule has 71 heavy (non-hydrogen) atoms. The lowest BCUT2D eigenvalue weighted by molar-refractivity contribution is 1.04. The first-order chi connectivity index (χ1) is 34.6. The number of nitriles is 1. The Hall–Kier alpha value is -9.05. The maximum Gasteiger partial charge on any atom is 0.160 e. The highest BCUT2D eigenvalue weighted by Gasteiger charge is 2.31. The second-order valence-corrected chi connectivity index (χ2v) is 19.5. The molecular formula is C65H48N6. The average molecular weight is 913 g/mol. The minimum absolute atomic E-state index is 0.515. The first kappa shape index (κ1) is 42.1. The van der Waals surface area contributed by atoms with Crippen molar-refractivity contribution in [3.8, 4) is 57.0 Å². The fraction of sp³-hybridized carbons (Fsp3) is 0.0923. The van der Waals surface area contributed by atoms with Gasteiger partial charge in [0.05, 0.1) is 67.1 Å². The van der Waals surface area contributed by atoms with Crippen molar-refractivity contribution >= 4 is 65.4 Å². The Kier molecular flexibility index (Phi) is 9.49. The van der Waals surface area contributed by atoms with Gasteiger partial charge in [0.15, 0.2) is 5.82 Å². The Morgan fingerprint density at radius 2 is 0.676 bits per heavy atom. The van der Waals surface area contributed by atoms with Crippen molar-refractivity contribution in [2.75, 3.05) is 0 Å². The zero-order valence-electron chi connectivity index (χ0n) is 40.5. The second kappa shape index (κ2) is 16.0. The molecule has 13 aromatic rings. The van der Waals surface area contributed by atoms with E-state index < -0.39 is 0 Å². The number of benzene rings is 9. The summed E-state index contributed by atoms with van der Waals surface area (Å²) < 4.78 is 7.25. The summed E-state index contributed by atoms with van der Waals surface area (Å²) in [6, 6.07) is 68.1. The Morgan fingerprint density at radius 3 is 1.06 bits per heavy atom. The largest absolute Gasteiger partial charge is 0.306 e. The fourth-order valence-corrected chi connectivity index (χ4v) is 11.1. The molecule has 338 valence electrons. The number of hydrogen-bond acceptors (Lipinski definition) is 3. The van der Waals surface area contributed by atoms with E-state index in [1.54, 1.807) is 0 Å². The SMILES string of the molecule is Cc1ccc2c(c1)c1cc(C)ccc1n2-c1c(C#N)cc(-c2cc(-c3ccccc3)nc(-c3ccccc3)n2)c(-n2c3ccc(C)cc3c3cc(C)ccc32)c1-n1c2ccc(C)cc2c2cc(C)ccc21. The van der Waals surface area contributed by atoms with Crippen molar-refractivity contribution in [1.82, 2.24) is 23.7 Å². The van der Waals surface area contributed by atoms with Crippen LogP contribution >= 0.6 is 0 Å². The predicted molar refractivity (Wildman–Crippen MR) is 294 cm³/mol. The van der Waals surface area contributed by atoms with Crippen LogP contribution in [0, 0.1) is 52.9 Å². The Balaban J connectivity index is 1.33. The first-order valence-corrected chi connectivity index (χ1v) is 24.3. The number of fused-ring (bicyclic) bond motifs is 9. The fourth-order valence-electron chi connectivity index (χ4n) is 11.1. The molecule has 0 spiro atoms. The highest BCUT2D eigenvalue weighted by atomic mass is 15.1. The zero-order valence-corrected chi connectivity index (χ0v) is 40.5. The lowest BCUT2D eigenvalue weighted by atomic mass is 9.98. The summed E-state index contributed by atoms with van der Waals surface area (Å²) >= 11 is 0. The second-order valence-electron chi connectivity index (χ2n) is 19.5. The van der Waals surface area contributed by atoms with Gasteiger partial charge in [0.1, 0.15) is 6.07 Å². The van der Waals surface area contributed by atoms with Crippen LogP contribution in [0.3, 0.4) is 0 Å². The van der Waals surface area contributed by atoms with E-state index in [0.29, 0.717) is 17.1 Å². The minimum Gasteiger partial charge on any atom is -0.306 e. The van der Waals surface area contributed by atoms with Crippen LogP contribution in [0.5, 0.6) is 0 Å². The van der Waals surface area contributed by atoms with Crippen LogP contribution < -0.4 is 0 Å². The number of aryl methyl sites for hydroxylation is 6. The van der Waals surface area contributed by atoms with Gasteiger partial charge in [-0.1, -0.05) is 130 Å². The summed E-state index contributed by atoms with van der Waals surface area (Å²) in [4.78, 5) is 10.8. The highest BCUT2D eigenvalue weighted by Crippen LogP contribution is 2.48. The molecule has 0 saturated carbocycles. The van der Waals surface area contributed by atoms with Gasteiger partial charge < -0.3 is 13.7 Å². The van der Waals surface area contributed by atoms with Crippen molar-refractivity contribution in [3.63, 3.8) is 0 Å². The van der Waals surface area contributed by atoms with E-state index in [4.69, 9.17) is 9.97 Å². The van der Waals surface area contributed by atoms with E-state index in [-0.39, 0.29) is 0 Å². The summed E-state index contributed by atoms with van der Waals surface area (Å²) in [6.45, 7) is 13.0. The van der Waals surface area contributed by atoms with Crippen LogP contribution in [0.15, 0.2) is 182 Å². The third-order valence-electron chi connectivity index (χ3n) is 14.4. The summed E-state index contributed by atoms with van der Waals surface area (Å²) in [6.07, 6.45) is 0. The zero-order chi connectivity index (χ0) is 48.2. The van der Waals surface area contributed by atoms with Crippen molar-refractivity contribution in [1.29, 1.82) is 5.26 Å². The molecule has 0 N–H and O–H groups in total. The van der Waals surface area contributed by atoms with Crippen LogP contribution in [0.25, 0.3) is 116 Å². The summed E-state index contributed by atoms with van der Waals surface area (Å²) in [5.41, 5.74) is 20.5. The predicted octanol–water partition coefficient (Wildman–Crippen LogP) is 16.5. The molecule has 0 aliphatic heterocycles. The molecule has 0 aliphatic carbocycles. The molecule has 0 atom stereocenters. The Morgan fingerprint density at radius 1 is 0.338 bits per heavy atom. The van der Waals surface area contributed by atoms with Gasteiger partial charge in [-0.25, -0.2) is 9.97 Å². The van der Waals surface area contributed by atoms with Crippen molar-refractivity contribution < 1.29 is 0 Å². The molecular weight excluding hydrogens is 865 g/mol. The van der Waals surface area contributed by atoms with Gasteiger partial charge in [-0.3, -0.25) is 0 Å². The Bertz CT molecular complexity index is 4170. The molecule has 0 unspecified atom stereocenters. The molecule has 13 rings (SSSR count). The van der Waals surface area contributed by atoms with Crippen LogP contribution in [-0.4, -0.2) is 23.7 Å². The quantitative estimate of drug-likeness (QED) is 0.167. The van der Waals surface area contributed by atoms with Gasteiger partial charge in [0.25, 0.3) is 0 Å². The molecule has 0 aliphatic rings. The van der Waals surface area contributed by atoms with E-state index in [9.17, 15) is 5.26 Å². The maximum absolute atomic E-state index is 12.0. The number of hydrogen-bond donors (Lipinski definition) is 0. The molecule has 0 saturated heterocycles. The summed E-state index contributed by atoms with van der Waals surface area (Å²) in [5.74, 6) is 0.599. The average Bonchev–Trinajstić information content (AvgIpc) is 3.99. The van der Waals surface area contributed by atoms with Gasteiger partial charge in [-0.05, 0) is 126 Å². The van der Waals surface area contributed by atoms with Gasteiger partial charge in [-0.15, -0.1) is 0 Å². The molecule has 4 aromatic heterocycles. The van der Waals surface area contributed by atoms with Crippen LogP contribution in [-0.2, 0) is 0 Å². The third kappa shape index (κ3) is 6.61. The molecule has 4 heterocycles. The summed E-state index contributed by atoms with van der Waals surface area (Å²) in [5, 5.41) is 18.9. The van der Waals surface area contributed by atoms with Crippen molar-refractivity contribution in [3.05, 3.63) is 221 Å². The molecule has 0 amide bonds. The molecule has 6 heteroatoms. The topological polar surface area (TPSA) is 64.4 Å². The van der Waals surface area contributed by atoms with Gasteiger partial charge in [0, 0.05) is 49.0 Å². The van der Waals surface area contributed by atoms with E-state index in [0.717, 1.165) is 105 Å². The van der Waals surface area contributed by atoms with E-state index in [2.05, 4.69) is 207 Å². The van der Waals surface area contributed by atoms with E-state index in [1.807, 2.05) is 36.4 Å². The van der Waals surface area contributed by atoms with E-state index in [1.165, 1.54) is 33.4 Å². The van der Waals surface area contributed by atoms with Gasteiger partial charge in [-0.2, -0.15) is 5.26 Å². The lowest BCUT2D eigenvalue weighted by Gasteiger charge is -2.26. The Labute approximate surface area is 412 Å². The number of aromatic nitrogens is 5. The minimum atomic E-state index is 0.515. The van der Waals surface area contributed by atoms with Crippen molar-refractivity contribution in [2.24, 2.45) is 0 Å². The molecule has 0 radical (unpaired) electrons. The molecule has 6 nitrogen and oxygen atoms in total. The van der Waals surface area contributed by atoms with Gasteiger partial charge in [0.2, 0.25) is 0 Å². The number of rotatable bonds is 6. The van der Waals surface area contributed by atoms with Gasteiger partial charge >= 0.3 is 0 Å². The number of nitrogens with zero attached hydrogens (tertiary/aromatic N) is 6. The standard InChI is InChI=1S/C65H48N6/c1-38-17-23-56-47(29-38)48-30-39(2)18-24-57(48)69(56)62-46(37-66)35-53(55-36-54(44-13-9-7-10-14-44)67-65(68-55)45-15-11-8-12-16-45)63(70-58-25-19-40(3)31-49(58)50-32-41(4)20-26-59(50)70)64(62)71-60-27-21-42(5)33-51(60)52-34-43(6)22-28-61(52)71/h7-36H,1-6H3. The third-order valence-corrected chi connectivity index (χ3v) is 14.4. The van der Waals surface area contributed by atoms with Crippen LogP contribution in [0.1, 0.15) is 38.9 Å². The van der Waals surface area contributed by atoms with Crippen LogP contribution in [0.2, 0.25) is 0 Å². The van der Waals surface area contributed by atoms with Crippen molar-refractivity contribution in [2.45, 2.75) is 41.5 Å². The molecule has 0 fully saturated rings. The summed E-state index contributed by atoms with van der Waals surface area (Å²) in [7, 11) is 0.